The summed E-state index contributed by atoms with van der Waals surface area (Å²) in [6, 6.07) is 5.21. The lowest BCUT2D eigenvalue weighted by Crippen LogP contribution is -2.46. The maximum atomic E-state index is 14.4. The quantitative estimate of drug-likeness (QED) is 0.0968. The number of hydrogen-bond donors (Lipinski definition) is 6. The molecule has 174 valence electrons. The van der Waals surface area contributed by atoms with E-state index in [1.54, 1.807) is 0 Å². The van der Waals surface area contributed by atoms with Crippen LogP contribution in [-0.4, -0.2) is 38.1 Å². The predicted octanol–water partition coefficient (Wildman–Crippen LogP) is 1.83. The highest BCUT2D eigenvalue weighted by atomic mass is 35.5. The smallest absolute Gasteiger partial charge is 0.261 e. The van der Waals surface area contributed by atoms with Gasteiger partial charge in [0, 0.05) is 11.6 Å². The van der Waals surface area contributed by atoms with Crippen molar-refractivity contribution in [3.8, 4) is 11.5 Å². The molecule has 0 saturated carbocycles. The van der Waals surface area contributed by atoms with Crippen LogP contribution in [0.25, 0.3) is 0 Å². The van der Waals surface area contributed by atoms with E-state index in [0.717, 1.165) is 0 Å². The fraction of sp³-hybridized carbons (Fsp3) is 0.222. The van der Waals surface area contributed by atoms with Crippen LogP contribution in [0.4, 0.5) is 8.78 Å². The molecule has 0 spiro atoms. The molecule has 2 aromatic rings. The molecule has 0 aromatic heterocycles. The lowest BCUT2D eigenvalue weighted by Gasteiger charge is -2.17. The highest BCUT2D eigenvalue weighted by molar-refractivity contribution is 7.89. The average Bonchev–Trinajstić information content (AvgIpc) is 2.73. The van der Waals surface area contributed by atoms with Gasteiger partial charge in [0.25, 0.3) is 5.91 Å². The topological polar surface area (TPSA) is 167 Å². The van der Waals surface area contributed by atoms with E-state index < -0.39 is 44.3 Å². The number of ether oxygens (including phenoxy) is 1. The molecule has 32 heavy (non-hydrogen) atoms. The summed E-state index contributed by atoms with van der Waals surface area (Å²) in [6.45, 7) is 0.145. The van der Waals surface area contributed by atoms with Crippen molar-refractivity contribution >= 4 is 33.5 Å². The van der Waals surface area contributed by atoms with Crippen LogP contribution < -0.4 is 26.0 Å². The first-order valence-electron chi connectivity index (χ1n) is 9.00. The summed E-state index contributed by atoms with van der Waals surface area (Å²) < 4.78 is 61.2. The molecule has 0 heterocycles. The molecule has 2 aromatic carbocycles. The van der Waals surface area contributed by atoms with Gasteiger partial charge in [0.2, 0.25) is 10.0 Å². The zero-order valence-corrected chi connectivity index (χ0v) is 17.9. The van der Waals surface area contributed by atoms with Crippen LogP contribution in [0.3, 0.4) is 0 Å². The molecule has 0 fully saturated rings. The molecule has 0 saturated heterocycles. The fourth-order valence-corrected chi connectivity index (χ4v) is 3.89. The second-order valence-corrected chi connectivity index (χ2v) is 8.56. The molecule has 10 nitrogen and oxygen atoms in total. The Labute approximate surface area is 187 Å². The fourth-order valence-electron chi connectivity index (χ4n) is 2.52. The first-order valence-corrected chi connectivity index (χ1v) is 10.9. The Hall–Kier alpha value is -3.00. The lowest BCUT2D eigenvalue weighted by molar-refractivity contribution is -0.131. The van der Waals surface area contributed by atoms with E-state index in [0.29, 0.717) is 17.2 Å². The third-order valence-electron chi connectivity index (χ3n) is 4.02. The molecular weight excluding hydrogens is 472 g/mol. The number of hydroxylamine groups is 1. The largest absolute Gasteiger partial charge is 0.451 e. The van der Waals surface area contributed by atoms with Gasteiger partial charge in [-0.25, -0.2) is 22.7 Å². The summed E-state index contributed by atoms with van der Waals surface area (Å²) in [6.07, 6.45) is 0.0609. The van der Waals surface area contributed by atoms with Crippen molar-refractivity contribution in [2.45, 2.75) is 23.8 Å². The summed E-state index contributed by atoms with van der Waals surface area (Å²) >= 11 is 5.74. The molecule has 0 aliphatic rings. The molecule has 0 radical (unpaired) electrons. The Morgan fingerprint density at radius 3 is 2.34 bits per heavy atom. The molecule has 0 aliphatic heterocycles. The highest BCUT2D eigenvalue weighted by Gasteiger charge is 2.27. The molecule has 7 N–H and O–H groups in total. The van der Waals surface area contributed by atoms with Gasteiger partial charge in [0.15, 0.2) is 23.3 Å². The number of nitrogens with one attached hydrogen (secondary N) is 4. The van der Waals surface area contributed by atoms with Crippen LogP contribution in [0.5, 0.6) is 11.5 Å². The highest BCUT2D eigenvalue weighted by Crippen LogP contribution is 2.30. The number of hydrogen-bond acceptors (Lipinski definition) is 6. The lowest BCUT2D eigenvalue weighted by atomic mass is 10.1. The van der Waals surface area contributed by atoms with Crippen LogP contribution >= 0.6 is 11.6 Å². The molecular formula is C18H20ClF2N5O5S. The van der Waals surface area contributed by atoms with Gasteiger partial charge in [-0.05, 0) is 49.2 Å². The molecule has 2 rings (SSSR count). The van der Waals surface area contributed by atoms with Crippen molar-refractivity contribution in [2.75, 3.05) is 6.54 Å². The van der Waals surface area contributed by atoms with Crippen LogP contribution in [0.2, 0.25) is 5.02 Å². The number of benzene rings is 2. The molecule has 1 amide bonds. The van der Waals surface area contributed by atoms with Gasteiger partial charge in [-0.3, -0.25) is 15.4 Å². The summed E-state index contributed by atoms with van der Waals surface area (Å²) in [7, 11) is -4.57. The van der Waals surface area contributed by atoms with Crippen LogP contribution in [0.15, 0.2) is 41.3 Å². The molecule has 0 bridgehead atoms. The van der Waals surface area contributed by atoms with Gasteiger partial charge in [-0.15, -0.1) is 0 Å². The standard InChI is InChI=1S/C18H20ClF2N5O5S/c19-10-3-5-11(6-4-10)31-16-13(20)8-12(9-14(16)21)32(29,30)26-15(17(27)25-28)2-1-7-24-18(22)23/h3-6,8-9,15,26,28H,1-2,7H2,(H,25,27)(H4,22,23,24)/t15-/m1/s1. The zero-order chi connectivity index (χ0) is 23.9. The number of guanidine groups is 1. The van der Waals surface area contributed by atoms with Crippen molar-refractivity contribution in [1.29, 1.82) is 5.41 Å². The first kappa shape index (κ1) is 25.3. The van der Waals surface area contributed by atoms with Crippen molar-refractivity contribution in [1.82, 2.24) is 15.5 Å². The minimum absolute atomic E-state index is 0.0692. The van der Waals surface area contributed by atoms with Gasteiger partial charge in [0.05, 0.1) is 4.90 Å². The van der Waals surface area contributed by atoms with Crippen LogP contribution in [-0.2, 0) is 14.8 Å². The third kappa shape index (κ3) is 7.02. The Morgan fingerprint density at radius 2 is 1.81 bits per heavy atom. The minimum Gasteiger partial charge on any atom is -0.451 e. The average molecular weight is 492 g/mol. The SMILES string of the molecule is N=C(N)NCCC[C@@H](NS(=O)(=O)c1cc(F)c(Oc2ccc(Cl)cc2)c(F)c1)C(=O)NO. The number of rotatable bonds is 10. The summed E-state index contributed by atoms with van der Waals surface area (Å²) in [4.78, 5) is 11.0. The summed E-state index contributed by atoms with van der Waals surface area (Å²) in [5.41, 5.74) is 6.44. The van der Waals surface area contributed by atoms with Crippen LogP contribution in [0.1, 0.15) is 12.8 Å². The zero-order valence-electron chi connectivity index (χ0n) is 16.4. The molecule has 0 unspecified atom stereocenters. The maximum Gasteiger partial charge on any atom is 0.261 e. The van der Waals surface area contributed by atoms with E-state index in [1.807, 2.05) is 4.72 Å². The molecule has 14 heteroatoms. The van der Waals surface area contributed by atoms with Crippen molar-refractivity contribution in [3.63, 3.8) is 0 Å². The van der Waals surface area contributed by atoms with E-state index in [1.165, 1.54) is 29.7 Å². The number of carbonyl (C=O) groups is 1. The second-order valence-electron chi connectivity index (χ2n) is 6.40. The Kier molecular flexibility index (Phi) is 8.72. The Morgan fingerprint density at radius 1 is 1.22 bits per heavy atom. The van der Waals surface area contributed by atoms with Crippen molar-refractivity contribution < 1.29 is 31.9 Å². The van der Waals surface area contributed by atoms with Gasteiger partial charge >= 0.3 is 0 Å². The monoisotopic (exact) mass is 491 g/mol. The number of halogens is 3. The molecule has 1 atom stereocenters. The van der Waals surface area contributed by atoms with Crippen molar-refractivity contribution in [2.24, 2.45) is 5.73 Å². The van der Waals surface area contributed by atoms with Crippen LogP contribution in [0, 0.1) is 17.0 Å². The predicted molar refractivity (Wildman–Crippen MR) is 111 cm³/mol. The van der Waals surface area contributed by atoms with Gasteiger partial charge in [-0.2, -0.15) is 4.72 Å². The number of amides is 1. The van der Waals surface area contributed by atoms with E-state index in [9.17, 15) is 22.0 Å². The minimum atomic E-state index is -4.57. The van der Waals surface area contributed by atoms with Gasteiger partial charge < -0.3 is 15.8 Å². The van der Waals surface area contributed by atoms with Gasteiger partial charge in [-0.1, -0.05) is 11.6 Å². The maximum absolute atomic E-state index is 14.4. The Balaban J connectivity index is 2.21. The van der Waals surface area contributed by atoms with Gasteiger partial charge in [0.1, 0.15) is 11.8 Å². The number of nitrogens with two attached hydrogens (primary N) is 1. The van der Waals surface area contributed by atoms with E-state index in [-0.39, 0.29) is 31.1 Å². The molecule has 0 aliphatic carbocycles. The Bertz CT molecular complexity index is 1060. The van der Waals surface area contributed by atoms with E-state index in [2.05, 4.69) is 5.32 Å². The first-order chi connectivity index (χ1) is 15.0. The third-order valence-corrected chi connectivity index (χ3v) is 5.73. The van der Waals surface area contributed by atoms with E-state index in [4.69, 9.17) is 32.7 Å². The second kappa shape index (κ2) is 11.0. The summed E-state index contributed by atoms with van der Waals surface area (Å²) in [5, 5.41) is 18.7. The van der Waals surface area contributed by atoms with E-state index >= 15 is 0 Å². The normalized spacial score (nSPS) is 12.1. The van der Waals surface area contributed by atoms with Crippen molar-refractivity contribution in [3.05, 3.63) is 53.1 Å². The number of sulfonamides is 1. The number of carbonyl (C=O) groups excluding carboxylic acids is 1. The summed E-state index contributed by atoms with van der Waals surface area (Å²) in [5.74, 6) is -4.75.